The molecule has 130 valence electrons. The summed E-state index contributed by atoms with van der Waals surface area (Å²) >= 11 is 0. The zero-order valence-corrected chi connectivity index (χ0v) is 14.7. The van der Waals surface area contributed by atoms with Gasteiger partial charge in [-0.1, -0.05) is 11.6 Å². The van der Waals surface area contributed by atoms with Gasteiger partial charge in [0.25, 0.3) is 0 Å². The van der Waals surface area contributed by atoms with E-state index in [1.54, 1.807) is 25.6 Å². The Morgan fingerprint density at radius 3 is 2.52 bits per heavy atom. The highest BCUT2D eigenvalue weighted by Gasteiger charge is 2.19. The molecule has 1 amide bonds. The molecule has 1 aromatic heterocycles. The third-order valence-electron chi connectivity index (χ3n) is 4.41. The molecular formula is C20H23N3O2. The van der Waals surface area contributed by atoms with Crippen LogP contribution in [0.5, 0.6) is 5.75 Å². The van der Waals surface area contributed by atoms with Gasteiger partial charge in [-0.2, -0.15) is 0 Å². The summed E-state index contributed by atoms with van der Waals surface area (Å²) in [5.74, 6) is 0.815. The quantitative estimate of drug-likeness (QED) is 0.805. The first kappa shape index (κ1) is 17.0. The summed E-state index contributed by atoms with van der Waals surface area (Å²) in [4.78, 5) is 20.7. The molecule has 25 heavy (non-hydrogen) atoms. The van der Waals surface area contributed by atoms with Crippen molar-refractivity contribution < 1.29 is 9.53 Å². The number of nitrogens with zero attached hydrogens (tertiary/aromatic N) is 3. The lowest BCUT2D eigenvalue weighted by molar-refractivity contribution is -0.126. The number of rotatable bonds is 4. The van der Waals surface area contributed by atoms with E-state index in [1.807, 2.05) is 48.2 Å². The average Bonchev–Trinajstić information content (AvgIpc) is 2.67. The highest BCUT2D eigenvalue weighted by molar-refractivity contribution is 5.92. The van der Waals surface area contributed by atoms with Crippen LogP contribution in [0.2, 0.25) is 0 Å². The van der Waals surface area contributed by atoms with Crippen LogP contribution in [0.3, 0.4) is 0 Å². The second kappa shape index (κ2) is 7.83. The van der Waals surface area contributed by atoms with Crippen LogP contribution in [0.4, 0.5) is 5.69 Å². The van der Waals surface area contributed by atoms with E-state index in [2.05, 4.69) is 9.88 Å². The maximum absolute atomic E-state index is 12.5. The maximum Gasteiger partial charge on any atom is 0.246 e. The van der Waals surface area contributed by atoms with Crippen molar-refractivity contribution in [2.45, 2.75) is 6.92 Å². The smallest absolute Gasteiger partial charge is 0.246 e. The second-order valence-electron chi connectivity index (χ2n) is 6.10. The van der Waals surface area contributed by atoms with E-state index in [1.165, 1.54) is 0 Å². The highest BCUT2D eigenvalue weighted by atomic mass is 16.5. The van der Waals surface area contributed by atoms with Gasteiger partial charge < -0.3 is 14.5 Å². The maximum atomic E-state index is 12.5. The van der Waals surface area contributed by atoms with Gasteiger partial charge >= 0.3 is 0 Å². The Kier molecular flexibility index (Phi) is 5.33. The molecule has 2 heterocycles. The first-order valence-corrected chi connectivity index (χ1v) is 8.44. The van der Waals surface area contributed by atoms with Gasteiger partial charge in [-0.25, -0.2) is 0 Å². The third kappa shape index (κ3) is 4.18. The van der Waals surface area contributed by atoms with Crippen LogP contribution in [-0.4, -0.2) is 49.1 Å². The summed E-state index contributed by atoms with van der Waals surface area (Å²) in [7, 11) is 1.64. The van der Waals surface area contributed by atoms with Crippen molar-refractivity contribution >= 4 is 17.7 Å². The number of pyridine rings is 1. The van der Waals surface area contributed by atoms with E-state index in [9.17, 15) is 4.79 Å². The van der Waals surface area contributed by atoms with Crippen molar-refractivity contribution in [1.82, 2.24) is 9.88 Å². The Morgan fingerprint density at radius 2 is 1.84 bits per heavy atom. The van der Waals surface area contributed by atoms with Gasteiger partial charge in [0.2, 0.25) is 5.91 Å². The van der Waals surface area contributed by atoms with Crippen molar-refractivity contribution in [1.29, 1.82) is 0 Å². The average molecular weight is 337 g/mol. The largest absolute Gasteiger partial charge is 0.496 e. The summed E-state index contributed by atoms with van der Waals surface area (Å²) in [6, 6.07) is 9.94. The number of hydrogen-bond acceptors (Lipinski definition) is 4. The number of carbonyl (C=O) groups excluding carboxylic acids is 1. The lowest BCUT2D eigenvalue weighted by atomic mass is 10.1. The number of aromatic nitrogens is 1. The lowest BCUT2D eigenvalue weighted by Gasteiger charge is -2.35. The van der Waals surface area contributed by atoms with Crippen LogP contribution < -0.4 is 9.64 Å². The number of carbonyl (C=O) groups is 1. The minimum atomic E-state index is 0.0398. The highest BCUT2D eigenvalue weighted by Crippen LogP contribution is 2.21. The fourth-order valence-corrected chi connectivity index (χ4v) is 2.99. The molecule has 1 aliphatic heterocycles. The summed E-state index contributed by atoms with van der Waals surface area (Å²) < 4.78 is 5.35. The Morgan fingerprint density at radius 1 is 1.12 bits per heavy atom. The number of piperazine rings is 1. The van der Waals surface area contributed by atoms with E-state index in [4.69, 9.17) is 4.74 Å². The Labute approximate surface area is 148 Å². The molecule has 5 nitrogen and oxygen atoms in total. The molecule has 5 heteroatoms. The fraction of sp³-hybridized carbons (Fsp3) is 0.300. The molecule has 0 unspecified atom stereocenters. The van der Waals surface area contributed by atoms with Gasteiger partial charge in [0.15, 0.2) is 0 Å². The number of methoxy groups -OCH3 is 1. The van der Waals surface area contributed by atoms with Crippen LogP contribution in [0.15, 0.2) is 48.8 Å². The van der Waals surface area contributed by atoms with E-state index in [0.29, 0.717) is 0 Å². The monoisotopic (exact) mass is 337 g/mol. The van der Waals surface area contributed by atoms with E-state index >= 15 is 0 Å². The van der Waals surface area contributed by atoms with Crippen molar-refractivity contribution in [3.05, 3.63) is 59.9 Å². The van der Waals surface area contributed by atoms with Gasteiger partial charge in [-0.3, -0.25) is 9.78 Å². The van der Waals surface area contributed by atoms with Gasteiger partial charge in [0, 0.05) is 55.9 Å². The molecule has 3 rings (SSSR count). The van der Waals surface area contributed by atoms with Crippen molar-refractivity contribution in [2.75, 3.05) is 38.2 Å². The van der Waals surface area contributed by atoms with Gasteiger partial charge in [0.05, 0.1) is 7.11 Å². The van der Waals surface area contributed by atoms with E-state index in [0.717, 1.165) is 48.7 Å². The topological polar surface area (TPSA) is 45.7 Å². The zero-order chi connectivity index (χ0) is 17.6. The molecule has 0 spiro atoms. The summed E-state index contributed by atoms with van der Waals surface area (Å²) in [5, 5.41) is 0. The zero-order valence-electron chi connectivity index (χ0n) is 14.7. The molecule has 0 saturated carbocycles. The van der Waals surface area contributed by atoms with Gasteiger partial charge in [0.1, 0.15) is 5.75 Å². The first-order chi connectivity index (χ1) is 12.2. The minimum absolute atomic E-state index is 0.0398. The van der Waals surface area contributed by atoms with Crippen LogP contribution in [0, 0.1) is 6.92 Å². The molecule has 2 aromatic rings. The first-order valence-electron chi connectivity index (χ1n) is 8.44. The van der Waals surface area contributed by atoms with Crippen molar-refractivity contribution in [3.8, 4) is 5.75 Å². The van der Waals surface area contributed by atoms with Crippen molar-refractivity contribution in [3.63, 3.8) is 0 Å². The normalized spacial score (nSPS) is 14.8. The van der Waals surface area contributed by atoms with E-state index in [-0.39, 0.29) is 5.91 Å². The number of anilines is 1. The van der Waals surface area contributed by atoms with Crippen LogP contribution in [0.1, 0.15) is 11.1 Å². The van der Waals surface area contributed by atoms with Crippen molar-refractivity contribution in [2.24, 2.45) is 0 Å². The summed E-state index contributed by atoms with van der Waals surface area (Å²) in [6.07, 6.45) is 7.07. The molecule has 0 N–H and O–H groups in total. The number of hydrogen-bond donors (Lipinski definition) is 0. The number of amides is 1. The SMILES string of the molecule is COc1ccc(C)cc1/C=C/C(=O)N1CCN(c2ccncc2)CC1. The van der Waals surface area contributed by atoms with Gasteiger partial charge in [-0.15, -0.1) is 0 Å². The predicted octanol–water partition coefficient (Wildman–Crippen LogP) is 2.76. The molecule has 1 aromatic carbocycles. The molecule has 1 saturated heterocycles. The number of benzene rings is 1. The Balaban J connectivity index is 1.61. The molecule has 1 fully saturated rings. The van der Waals surface area contributed by atoms with E-state index < -0.39 is 0 Å². The molecule has 0 atom stereocenters. The van der Waals surface area contributed by atoms with Crippen LogP contribution in [0.25, 0.3) is 6.08 Å². The van der Waals surface area contributed by atoms with Gasteiger partial charge in [-0.05, 0) is 37.3 Å². The molecule has 0 aliphatic carbocycles. The summed E-state index contributed by atoms with van der Waals surface area (Å²) in [5.41, 5.74) is 3.22. The third-order valence-corrected chi connectivity index (χ3v) is 4.41. The predicted molar refractivity (Wildman–Crippen MR) is 99.8 cm³/mol. The fourth-order valence-electron chi connectivity index (χ4n) is 2.99. The number of ether oxygens (including phenoxy) is 1. The van der Waals surface area contributed by atoms with Crippen LogP contribution in [-0.2, 0) is 4.79 Å². The standard InChI is InChI=1S/C20H23N3O2/c1-16-3-5-19(25-2)17(15-16)4-6-20(24)23-13-11-22(12-14-23)18-7-9-21-10-8-18/h3-10,15H,11-14H2,1-2H3/b6-4+. The molecule has 0 radical (unpaired) electrons. The minimum Gasteiger partial charge on any atom is -0.496 e. The Hall–Kier alpha value is -2.82. The van der Waals surface area contributed by atoms with Crippen LogP contribution >= 0.6 is 0 Å². The molecular weight excluding hydrogens is 314 g/mol. The second-order valence-corrected chi connectivity index (χ2v) is 6.10. The number of aryl methyl sites for hydroxylation is 1. The summed E-state index contributed by atoms with van der Waals surface area (Å²) in [6.45, 7) is 5.12. The lowest BCUT2D eigenvalue weighted by Crippen LogP contribution is -2.48. The molecule has 1 aliphatic rings. The Bertz CT molecular complexity index is 751. The molecule has 0 bridgehead atoms.